The first kappa shape index (κ1) is 25.1. The quantitative estimate of drug-likeness (QED) is 0.441. The Labute approximate surface area is 190 Å². The lowest BCUT2D eigenvalue weighted by molar-refractivity contribution is -0.324. The number of carbonyl (C=O) groups excluding carboxylic acids is 1. The highest BCUT2D eigenvalue weighted by Gasteiger charge is 2.63. The number of fused-ring (bicyclic) bond motifs is 2. The van der Waals surface area contributed by atoms with E-state index in [1.165, 1.54) is 0 Å². The Morgan fingerprint density at radius 2 is 1.84 bits per heavy atom. The van der Waals surface area contributed by atoms with Crippen LogP contribution in [0.3, 0.4) is 0 Å². The fourth-order valence-corrected chi connectivity index (χ4v) is 6.41. The molecule has 4 atom stereocenters. The molecule has 0 radical (unpaired) electrons. The zero-order valence-electron chi connectivity index (χ0n) is 21.1. The molecule has 1 saturated heterocycles. The molecule has 1 heterocycles. The lowest BCUT2D eigenvalue weighted by atomic mass is 9.68. The molecule has 2 aliphatic carbocycles. The van der Waals surface area contributed by atoms with Gasteiger partial charge in [-0.3, -0.25) is 4.79 Å². The minimum Gasteiger partial charge on any atom is -0.417 e. The number of ether oxygens (including phenoxy) is 2. The van der Waals surface area contributed by atoms with Gasteiger partial charge in [-0.05, 0) is 62.6 Å². The van der Waals surface area contributed by atoms with Crippen molar-refractivity contribution in [3.05, 3.63) is 12.2 Å². The van der Waals surface area contributed by atoms with E-state index in [0.717, 1.165) is 12.8 Å². The van der Waals surface area contributed by atoms with Crippen LogP contribution in [-0.4, -0.2) is 49.9 Å². The molecule has 3 fully saturated rings. The second-order valence-corrected chi connectivity index (χ2v) is 17.4. The van der Waals surface area contributed by atoms with Crippen molar-refractivity contribution < 1.29 is 23.8 Å². The normalized spacial score (nSPS) is 37.7. The van der Waals surface area contributed by atoms with Crippen molar-refractivity contribution in [1.29, 1.82) is 0 Å². The molecule has 5 nitrogen and oxygen atoms in total. The highest BCUT2D eigenvalue weighted by molar-refractivity contribution is 6.74. The van der Waals surface area contributed by atoms with Crippen LogP contribution in [0, 0.1) is 16.7 Å². The Morgan fingerprint density at radius 1 is 1.19 bits per heavy atom. The average molecular weight is 453 g/mol. The maximum atomic E-state index is 12.9. The molecule has 1 N–H and O–H groups in total. The molecule has 0 aromatic rings. The minimum atomic E-state index is -1.88. The van der Waals surface area contributed by atoms with Gasteiger partial charge in [0.2, 0.25) is 0 Å². The van der Waals surface area contributed by atoms with Crippen molar-refractivity contribution in [1.82, 2.24) is 0 Å². The van der Waals surface area contributed by atoms with E-state index in [1.54, 1.807) is 0 Å². The fourth-order valence-electron chi connectivity index (χ4n) is 5.35. The maximum absolute atomic E-state index is 12.9. The number of aliphatic hydroxyl groups is 1. The largest absolute Gasteiger partial charge is 0.417 e. The number of hydrogen-bond acceptors (Lipinski definition) is 5. The Kier molecular flexibility index (Phi) is 6.28. The summed E-state index contributed by atoms with van der Waals surface area (Å²) in [5.41, 5.74) is -1.84. The predicted octanol–water partition coefficient (Wildman–Crippen LogP) is 5.23. The van der Waals surface area contributed by atoms with Gasteiger partial charge in [0, 0.05) is 13.0 Å². The van der Waals surface area contributed by atoms with Gasteiger partial charge in [0.05, 0.1) is 18.1 Å². The first-order valence-corrected chi connectivity index (χ1v) is 14.8. The van der Waals surface area contributed by atoms with E-state index in [-0.39, 0.29) is 17.1 Å². The van der Waals surface area contributed by atoms with Crippen LogP contribution in [0.2, 0.25) is 18.1 Å². The molecular formula is C25H44O5Si. The van der Waals surface area contributed by atoms with Gasteiger partial charge in [-0.2, -0.15) is 0 Å². The van der Waals surface area contributed by atoms with E-state index >= 15 is 0 Å². The van der Waals surface area contributed by atoms with E-state index in [4.69, 9.17) is 13.9 Å². The lowest BCUT2D eigenvalue weighted by Gasteiger charge is -2.46. The number of rotatable bonds is 6. The third-order valence-electron chi connectivity index (χ3n) is 8.93. The van der Waals surface area contributed by atoms with Gasteiger partial charge < -0.3 is 19.0 Å². The van der Waals surface area contributed by atoms with E-state index < -0.39 is 31.2 Å². The predicted molar refractivity (Wildman–Crippen MR) is 125 cm³/mol. The van der Waals surface area contributed by atoms with E-state index in [1.807, 2.05) is 26.0 Å². The Hall–Kier alpha value is -0.533. The zero-order chi connectivity index (χ0) is 23.5. The molecule has 3 rings (SSSR count). The third kappa shape index (κ3) is 4.35. The summed E-state index contributed by atoms with van der Waals surface area (Å²) in [5.74, 6) is -0.0174. The summed E-state index contributed by atoms with van der Waals surface area (Å²) in [5, 5.41) is 11.7. The third-order valence-corrected chi connectivity index (χ3v) is 13.5. The monoisotopic (exact) mass is 452 g/mol. The summed E-state index contributed by atoms with van der Waals surface area (Å²) < 4.78 is 18.4. The van der Waals surface area contributed by atoms with Crippen molar-refractivity contribution in [2.45, 2.75) is 110 Å². The summed E-state index contributed by atoms with van der Waals surface area (Å²) >= 11 is 0. The van der Waals surface area contributed by atoms with Crippen LogP contribution in [0.15, 0.2) is 12.2 Å². The van der Waals surface area contributed by atoms with Crippen molar-refractivity contribution >= 4 is 14.1 Å². The summed E-state index contributed by atoms with van der Waals surface area (Å²) in [6, 6.07) is 0. The van der Waals surface area contributed by atoms with Gasteiger partial charge in [-0.1, -0.05) is 46.8 Å². The Balaban J connectivity index is 1.78. The number of Topliss-reactive ketones (excluding diaryl/α,β-unsaturated/α-hetero) is 1. The highest BCUT2D eigenvalue weighted by atomic mass is 28.4. The van der Waals surface area contributed by atoms with Crippen molar-refractivity contribution in [2.24, 2.45) is 16.7 Å². The molecule has 0 aromatic heterocycles. The zero-order valence-corrected chi connectivity index (χ0v) is 22.1. The molecule has 31 heavy (non-hydrogen) atoms. The number of ketones is 1. The average Bonchev–Trinajstić information content (AvgIpc) is 2.97. The molecule has 0 amide bonds. The molecule has 178 valence electrons. The molecule has 6 heteroatoms. The number of allylic oxidation sites excluding steroid dienone is 1. The molecule has 3 aliphatic rings. The van der Waals surface area contributed by atoms with Crippen molar-refractivity contribution in [3.8, 4) is 0 Å². The molecule has 0 aromatic carbocycles. The van der Waals surface area contributed by atoms with E-state index in [0.29, 0.717) is 31.1 Å². The van der Waals surface area contributed by atoms with Gasteiger partial charge in [0.1, 0.15) is 11.4 Å². The molecule has 0 spiro atoms. The van der Waals surface area contributed by atoms with Crippen molar-refractivity contribution in [3.63, 3.8) is 0 Å². The molecule has 1 aliphatic heterocycles. The summed E-state index contributed by atoms with van der Waals surface area (Å²) in [7, 11) is -1.88. The van der Waals surface area contributed by atoms with Crippen LogP contribution in [0.5, 0.6) is 0 Å². The molecule has 0 unspecified atom stereocenters. The smallest absolute Gasteiger partial charge is 0.191 e. The molecule has 2 saturated carbocycles. The van der Waals surface area contributed by atoms with E-state index in [2.05, 4.69) is 47.7 Å². The fraction of sp³-hybridized carbons (Fsp3) is 0.880. The van der Waals surface area contributed by atoms with Gasteiger partial charge in [0.15, 0.2) is 14.1 Å². The molecular weight excluding hydrogens is 408 g/mol. The first-order valence-electron chi connectivity index (χ1n) is 11.9. The minimum absolute atomic E-state index is 0.0759. The standard InChI is InChI=1S/C25H44O5Si/c1-21(2,3)31(8,9)29-15-11-20-25(27,17-28-23(6,7)30-20)14-13-24-12-10-18(16-19(24)26)22(24,4)5/h13-14,18,20,27H,10-12,15-17H2,1-9H3/b14-13+/t18-,20+,24-,25+/m0/s1. The number of carbonyl (C=O) groups is 1. The van der Waals surface area contributed by atoms with Crippen molar-refractivity contribution in [2.75, 3.05) is 13.2 Å². The lowest BCUT2D eigenvalue weighted by Crippen LogP contribution is -2.57. The van der Waals surface area contributed by atoms with Gasteiger partial charge in [-0.25, -0.2) is 0 Å². The summed E-state index contributed by atoms with van der Waals surface area (Å²) in [6.07, 6.45) is 6.52. The van der Waals surface area contributed by atoms with Gasteiger partial charge in [0.25, 0.3) is 0 Å². The second kappa shape index (κ2) is 7.76. The van der Waals surface area contributed by atoms with Crippen LogP contribution < -0.4 is 0 Å². The summed E-state index contributed by atoms with van der Waals surface area (Å²) in [4.78, 5) is 12.9. The maximum Gasteiger partial charge on any atom is 0.191 e. The molecule has 2 bridgehead atoms. The van der Waals surface area contributed by atoms with E-state index in [9.17, 15) is 9.90 Å². The Morgan fingerprint density at radius 3 is 2.35 bits per heavy atom. The van der Waals surface area contributed by atoms with Crippen LogP contribution in [-0.2, 0) is 18.7 Å². The van der Waals surface area contributed by atoms with Crippen LogP contribution >= 0.6 is 0 Å². The van der Waals surface area contributed by atoms with Crippen LogP contribution in [0.1, 0.15) is 74.1 Å². The Bertz CT molecular complexity index is 735. The first-order chi connectivity index (χ1) is 14.0. The summed E-state index contributed by atoms with van der Waals surface area (Å²) in [6.45, 7) is 20.0. The topological polar surface area (TPSA) is 65.0 Å². The highest BCUT2D eigenvalue weighted by Crippen LogP contribution is 2.64. The van der Waals surface area contributed by atoms with Gasteiger partial charge in [-0.15, -0.1) is 0 Å². The van der Waals surface area contributed by atoms with Crippen LogP contribution in [0.4, 0.5) is 0 Å². The van der Waals surface area contributed by atoms with Crippen LogP contribution in [0.25, 0.3) is 0 Å². The number of hydrogen-bond donors (Lipinski definition) is 1. The SMILES string of the molecule is CC1(C)OC[C@](O)(/C=C/[C@@]23CC[C@@H](CC2=O)C3(C)C)[C@@H](CCO[Si](C)(C)C(C)(C)C)O1. The second-order valence-electron chi connectivity index (χ2n) is 12.6. The van der Waals surface area contributed by atoms with Gasteiger partial charge >= 0.3 is 0 Å².